The van der Waals surface area contributed by atoms with Crippen LogP contribution in [0.2, 0.25) is 0 Å². The van der Waals surface area contributed by atoms with E-state index >= 15 is 0 Å². The minimum absolute atomic E-state index is 0.181. The van der Waals surface area contributed by atoms with Gasteiger partial charge in [0.25, 0.3) is 5.91 Å². The Balaban J connectivity index is 2.00. The van der Waals surface area contributed by atoms with Gasteiger partial charge in [-0.05, 0) is 11.4 Å². The second-order valence-corrected chi connectivity index (χ2v) is 5.74. The summed E-state index contributed by atoms with van der Waals surface area (Å²) < 4.78 is 4.55. The van der Waals surface area contributed by atoms with Crippen LogP contribution in [0.3, 0.4) is 0 Å². The van der Waals surface area contributed by atoms with Crippen molar-refractivity contribution in [2.75, 3.05) is 20.7 Å². The van der Waals surface area contributed by atoms with Gasteiger partial charge in [0.2, 0.25) is 0 Å². The normalized spacial score (nSPS) is 10.3. The molecule has 20 heavy (non-hydrogen) atoms. The number of amides is 1. The summed E-state index contributed by atoms with van der Waals surface area (Å²) in [4.78, 5) is 29.0. The van der Waals surface area contributed by atoms with Crippen molar-refractivity contribution < 1.29 is 14.3 Å². The molecule has 1 amide bonds. The Morgan fingerprint density at radius 1 is 1.40 bits per heavy atom. The second kappa shape index (κ2) is 6.62. The second-order valence-electron chi connectivity index (χ2n) is 4.10. The van der Waals surface area contributed by atoms with Crippen molar-refractivity contribution in [1.82, 2.24) is 9.88 Å². The van der Waals surface area contributed by atoms with Gasteiger partial charge in [-0.25, -0.2) is 4.98 Å². The van der Waals surface area contributed by atoms with Crippen molar-refractivity contribution >= 4 is 34.6 Å². The van der Waals surface area contributed by atoms with E-state index < -0.39 is 0 Å². The fraction of sp³-hybridized carbons (Fsp3) is 0.308. The highest BCUT2D eigenvalue weighted by molar-refractivity contribution is 7.14. The summed E-state index contributed by atoms with van der Waals surface area (Å²) in [6, 6.07) is 1.97. The van der Waals surface area contributed by atoms with Crippen molar-refractivity contribution in [3.8, 4) is 10.6 Å². The van der Waals surface area contributed by atoms with Gasteiger partial charge in [0.1, 0.15) is 10.7 Å². The van der Waals surface area contributed by atoms with Gasteiger partial charge in [-0.1, -0.05) is 0 Å². The van der Waals surface area contributed by atoms with Gasteiger partial charge in [-0.3, -0.25) is 9.59 Å². The van der Waals surface area contributed by atoms with E-state index in [2.05, 4.69) is 9.72 Å². The number of carbonyl (C=O) groups is 2. The Morgan fingerprint density at radius 2 is 2.20 bits per heavy atom. The van der Waals surface area contributed by atoms with Gasteiger partial charge < -0.3 is 9.64 Å². The Bertz CT molecular complexity index is 593. The van der Waals surface area contributed by atoms with E-state index in [4.69, 9.17) is 0 Å². The Hall–Kier alpha value is -1.73. The quantitative estimate of drug-likeness (QED) is 0.796. The number of rotatable bonds is 5. The lowest BCUT2D eigenvalue weighted by Gasteiger charge is -2.14. The lowest BCUT2D eigenvalue weighted by Crippen LogP contribution is -2.29. The lowest BCUT2D eigenvalue weighted by molar-refractivity contribution is -0.140. The highest BCUT2D eigenvalue weighted by Gasteiger charge is 2.17. The van der Waals surface area contributed by atoms with Crippen LogP contribution in [-0.2, 0) is 9.53 Å². The van der Waals surface area contributed by atoms with Gasteiger partial charge >= 0.3 is 5.97 Å². The first-order chi connectivity index (χ1) is 9.61. The van der Waals surface area contributed by atoms with Crippen LogP contribution in [0.1, 0.15) is 16.9 Å². The Morgan fingerprint density at radius 3 is 2.85 bits per heavy atom. The molecular formula is C13H14N2O3S2. The first-order valence-corrected chi connectivity index (χ1v) is 7.74. The first-order valence-electron chi connectivity index (χ1n) is 5.92. The topological polar surface area (TPSA) is 59.5 Å². The summed E-state index contributed by atoms with van der Waals surface area (Å²) in [6.45, 7) is 0.316. The molecule has 0 aliphatic rings. The minimum Gasteiger partial charge on any atom is -0.469 e. The molecule has 0 saturated carbocycles. The Kier molecular flexibility index (Phi) is 4.86. The van der Waals surface area contributed by atoms with Crippen molar-refractivity contribution in [1.29, 1.82) is 0 Å². The molecule has 0 spiro atoms. The van der Waals surface area contributed by atoms with Crippen LogP contribution in [0.5, 0.6) is 0 Å². The lowest BCUT2D eigenvalue weighted by atomic mass is 10.3. The molecular weight excluding hydrogens is 296 g/mol. The summed E-state index contributed by atoms with van der Waals surface area (Å²) in [5, 5.41) is 6.54. The van der Waals surface area contributed by atoms with Gasteiger partial charge in [0, 0.05) is 29.9 Å². The molecule has 0 unspecified atom stereocenters. The SMILES string of the molecule is COC(=O)CCN(C)C(=O)c1csc(-c2ccsc2)n1. The predicted molar refractivity (Wildman–Crippen MR) is 79.0 cm³/mol. The van der Waals surface area contributed by atoms with E-state index in [-0.39, 0.29) is 18.3 Å². The molecule has 7 heteroatoms. The summed E-state index contributed by atoms with van der Waals surface area (Å²) >= 11 is 3.03. The predicted octanol–water partition coefficient (Wildman–Crippen LogP) is 2.51. The third kappa shape index (κ3) is 3.43. The number of methoxy groups -OCH3 is 1. The van der Waals surface area contributed by atoms with Crippen molar-refractivity contribution in [2.45, 2.75) is 6.42 Å². The van der Waals surface area contributed by atoms with Crippen LogP contribution in [0.4, 0.5) is 0 Å². The zero-order valence-corrected chi connectivity index (χ0v) is 12.8. The van der Waals surface area contributed by atoms with E-state index in [0.717, 1.165) is 10.6 Å². The van der Waals surface area contributed by atoms with Crippen LogP contribution < -0.4 is 0 Å². The maximum atomic E-state index is 12.1. The first kappa shape index (κ1) is 14.7. The smallest absolute Gasteiger partial charge is 0.307 e. The van der Waals surface area contributed by atoms with Crippen molar-refractivity contribution in [3.63, 3.8) is 0 Å². The highest BCUT2D eigenvalue weighted by Crippen LogP contribution is 2.26. The molecule has 2 aromatic rings. The van der Waals surface area contributed by atoms with Gasteiger partial charge in [0.15, 0.2) is 0 Å². The van der Waals surface area contributed by atoms with Crippen LogP contribution >= 0.6 is 22.7 Å². The molecule has 0 fully saturated rings. The number of thiophene rings is 1. The molecule has 0 aromatic carbocycles. The average molecular weight is 310 g/mol. The number of esters is 1. The number of aromatic nitrogens is 1. The largest absolute Gasteiger partial charge is 0.469 e. The van der Waals surface area contributed by atoms with Crippen LogP contribution in [-0.4, -0.2) is 42.5 Å². The zero-order chi connectivity index (χ0) is 14.5. The van der Waals surface area contributed by atoms with Gasteiger partial charge in [-0.15, -0.1) is 11.3 Å². The Labute approximate surface area is 124 Å². The molecule has 0 aliphatic heterocycles. The minimum atomic E-state index is -0.332. The average Bonchev–Trinajstić information content (AvgIpc) is 3.13. The number of hydrogen-bond acceptors (Lipinski definition) is 6. The number of nitrogens with zero attached hydrogens (tertiary/aromatic N) is 2. The van der Waals surface area contributed by atoms with Crippen LogP contribution in [0.15, 0.2) is 22.2 Å². The van der Waals surface area contributed by atoms with Crippen LogP contribution in [0.25, 0.3) is 10.6 Å². The molecule has 0 saturated heterocycles. The van der Waals surface area contributed by atoms with Crippen molar-refractivity contribution in [3.05, 3.63) is 27.9 Å². The van der Waals surface area contributed by atoms with Gasteiger partial charge in [-0.2, -0.15) is 11.3 Å². The standard InChI is InChI=1S/C13H14N2O3S2/c1-15(5-3-11(16)18-2)13(17)10-8-20-12(14-10)9-4-6-19-7-9/h4,6-8H,3,5H2,1-2H3. The third-order valence-electron chi connectivity index (χ3n) is 2.72. The molecule has 2 rings (SSSR count). The molecule has 0 radical (unpaired) electrons. The molecule has 0 N–H and O–H groups in total. The number of ether oxygens (including phenoxy) is 1. The molecule has 0 aliphatic carbocycles. The zero-order valence-electron chi connectivity index (χ0n) is 11.2. The highest BCUT2D eigenvalue weighted by atomic mass is 32.1. The monoisotopic (exact) mass is 310 g/mol. The van der Waals surface area contributed by atoms with E-state index in [0.29, 0.717) is 12.2 Å². The van der Waals surface area contributed by atoms with E-state index in [9.17, 15) is 9.59 Å². The number of carbonyl (C=O) groups excluding carboxylic acids is 2. The summed E-state index contributed by atoms with van der Waals surface area (Å²) in [6.07, 6.45) is 0.181. The molecule has 2 heterocycles. The summed E-state index contributed by atoms with van der Waals surface area (Å²) in [7, 11) is 2.98. The number of thiazole rings is 1. The number of hydrogen-bond donors (Lipinski definition) is 0. The van der Waals surface area contributed by atoms with E-state index in [1.165, 1.54) is 23.3 Å². The summed E-state index contributed by atoms with van der Waals surface area (Å²) in [5.74, 6) is -0.520. The third-order valence-corrected chi connectivity index (χ3v) is 4.29. The molecule has 2 aromatic heterocycles. The van der Waals surface area contributed by atoms with Crippen molar-refractivity contribution in [2.24, 2.45) is 0 Å². The molecule has 5 nitrogen and oxygen atoms in total. The van der Waals surface area contributed by atoms with Crippen LogP contribution in [0, 0.1) is 0 Å². The fourth-order valence-electron chi connectivity index (χ4n) is 1.55. The van der Waals surface area contributed by atoms with E-state index in [1.807, 2.05) is 16.8 Å². The molecule has 106 valence electrons. The summed E-state index contributed by atoms with van der Waals surface area (Å²) in [5.41, 5.74) is 1.43. The molecule has 0 bridgehead atoms. The van der Waals surface area contributed by atoms with E-state index in [1.54, 1.807) is 23.8 Å². The maximum absolute atomic E-state index is 12.1. The fourth-order valence-corrected chi connectivity index (χ4v) is 3.05. The molecule has 0 atom stereocenters. The maximum Gasteiger partial charge on any atom is 0.307 e. The van der Waals surface area contributed by atoms with Gasteiger partial charge in [0.05, 0.1) is 13.5 Å².